The molecule has 3 N–H and O–H groups in total. The molecular weight excluding hydrogens is 304 g/mol. The second kappa shape index (κ2) is 7.97. The summed E-state index contributed by atoms with van der Waals surface area (Å²) >= 11 is 0. The van der Waals surface area contributed by atoms with Crippen LogP contribution in [0.2, 0.25) is 0 Å². The molecule has 1 saturated heterocycles. The number of carbonyl (C=O) groups excluding carboxylic acids is 1. The predicted octanol–water partition coefficient (Wildman–Crippen LogP) is 2.46. The van der Waals surface area contributed by atoms with E-state index in [1.54, 1.807) is 6.20 Å². The summed E-state index contributed by atoms with van der Waals surface area (Å²) in [6.07, 6.45) is 3.88. The predicted molar refractivity (Wildman–Crippen MR) is 93.4 cm³/mol. The quantitative estimate of drug-likeness (QED) is 0.729. The lowest BCUT2D eigenvalue weighted by molar-refractivity contribution is -0.116. The average molecular weight is 328 g/mol. The Morgan fingerprint density at radius 1 is 1.46 bits per heavy atom. The van der Waals surface area contributed by atoms with E-state index in [9.17, 15) is 4.79 Å². The molecule has 2 heterocycles. The van der Waals surface area contributed by atoms with E-state index in [1.165, 1.54) is 0 Å². The van der Waals surface area contributed by atoms with Gasteiger partial charge < -0.3 is 15.4 Å². The molecule has 0 bridgehead atoms. The molecule has 24 heavy (non-hydrogen) atoms. The van der Waals surface area contributed by atoms with Crippen LogP contribution in [0.25, 0.3) is 0 Å². The maximum atomic E-state index is 12.3. The standard InChI is InChI=1S/C18H24N4O2/c1-2-24-15-5-3-4-13(10-15)6-7-17(23)21-16-12-20-22-18(16)14-8-9-19-11-14/h3-5,10,12,14,19H,2,6-9,11H2,1H3,(H,20,22)(H,21,23). The number of nitrogens with one attached hydrogen (secondary N) is 3. The number of ether oxygens (including phenoxy) is 1. The van der Waals surface area contributed by atoms with E-state index >= 15 is 0 Å². The normalized spacial score (nSPS) is 17.0. The smallest absolute Gasteiger partial charge is 0.224 e. The van der Waals surface area contributed by atoms with E-state index in [1.807, 2.05) is 31.2 Å². The van der Waals surface area contributed by atoms with Gasteiger partial charge in [-0.1, -0.05) is 12.1 Å². The van der Waals surface area contributed by atoms with Gasteiger partial charge in [-0.15, -0.1) is 0 Å². The van der Waals surface area contributed by atoms with Crippen LogP contribution in [-0.4, -0.2) is 35.8 Å². The number of aromatic nitrogens is 2. The van der Waals surface area contributed by atoms with Gasteiger partial charge in [0, 0.05) is 18.9 Å². The number of rotatable bonds is 7. The van der Waals surface area contributed by atoms with Gasteiger partial charge in [0.05, 0.1) is 24.2 Å². The number of carbonyl (C=O) groups is 1. The number of nitrogens with zero attached hydrogens (tertiary/aromatic N) is 1. The van der Waals surface area contributed by atoms with Crippen molar-refractivity contribution in [3.05, 3.63) is 41.7 Å². The number of aromatic amines is 1. The number of benzene rings is 1. The average Bonchev–Trinajstić information content (AvgIpc) is 3.25. The Balaban J connectivity index is 1.54. The Hall–Kier alpha value is -2.34. The van der Waals surface area contributed by atoms with Crippen molar-refractivity contribution < 1.29 is 9.53 Å². The first-order valence-corrected chi connectivity index (χ1v) is 8.52. The van der Waals surface area contributed by atoms with Crippen molar-refractivity contribution in [1.29, 1.82) is 0 Å². The Morgan fingerprint density at radius 2 is 2.38 bits per heavy atom. The number of hydrogen-bond donors (Lipinski definition) is 3. The van der Waals surface area contributed by atoms with Crippen LogP contribution in [0.3, 0.4) is 0 Å². The fourth-order valence-corrected chi connectivity index (χ4v) is 3.04. The molecule has 1 amide bonds. The molecule has 1 aliphatic rings. The van der Waals surface area contributed by atoms with E-state index in [0.717, 1.165) is 42.2 Å². The second-order valence-electron chi connectivity index (χ2n) is 6.02. The first-order chi connectivity index (χ1) is 11.8. The highest BCUT2D eigenvalue weighted by atomic mass is 16.5. The number of aryl methyl sites for hydroxylation is 1. The molecule has 1 aliphatic heterocycles. The van der Waals surface area contributed by atoms with Gasteiger partial charge in [0.2, 0.25) is 5.91 Å². The Kier molecular flexibility index (Phi) is 5.48. The SMILES string of the molecule is CCOc1cccc(CCC(=O)Nc2cn[nH]c2C2CCNC2)c1. The van der Waals surface area contributed by atoms with Gasteiger partial charge in [-0.3, -0.25) is 9.89 Å². The molecule has 1 fully saturated rings. The summed E-state index contributed by atoms with van der Waals surface area (Å²) in [5, 5.41) is 13.4. The third kappa shape index (κ3) is 4.14. The van der Waals surface area contributed by atoms with Gasteiger partial charge in [0.25, 0.3) is 0 Å². The summed E-state index contributed by atoms with van der Waals surface area (Å²) in [6, 6.07) is 7.90. The zero-order valence-corrected chi connectivity index (χ0v) is 14.0. The maximum Gasteiger partial charge on any atom is 0.224 e. The van der Waals surface area contributed by atoms with E-state index in [0.29, 0.717) is 25.4 Å². The lowest BCUT2D eigenvalue weighted by Crippen LogP contribution is -2.15. The van der Waals surface area contributed by atoms with Crippen molar-refractivity contribution in [1.82, 2.24) is 15.5 Å². The van der Waals surface area contributed by atoms with E-state index in [-0.39, 0.29) is 5.91 Å². The molecule has 1 aromatic heterocycles. The molecule has 0 aliphatic carbocycles. The van der Waals surface area contributed by atoms with Crippen LogP contribution in [0.5, 0.6) is 5.75 Å². The zero-order valence-electron chi connectivity index (χ0n) is 14.0. The van der Waals surface area contributed by atoms with E-state index in [4.69, 9.17) is 4.74 Å². The van der Waals surface area contributed by atoms with Crippen molar-refractivity contribution in [2.45, 2.75) is 32.1 Å². The van der Waals surface area contributed by atoms with Crippen LogP contribution < -0.4 is 15.4 Å². The second-order valence-corrected chi connectivity index (χ2v) is 6.02. The Bertz CT molecular complexity index is 677. The minimum atomic E-state index is 0.00502. The lowest BCUT2D eigenvalue weighted by atomic mass is 10.0. The number of amides is 1. The van der Waals surface area contributed by atoms with Crippen LogP contribution in [0.1, 0.15) is 36.9 Å². The highest BCUT2D eigenvalue weighted by Gasteiger charge is 2.22. The molecule has 1 aromatic carbocycles. The van der Waals surface area contributed by atoms with Gasteiger partial charge in [0.1, 0.15) is 5.75 Å². The zero-order chi connectivity index (χ0) is 16.8. The molecule has 6 nitrogen and oxygen atoms in total. The van der Waals surface area contributed by atoms with Crippen LogP contribution in [0.15, 0.2) is 30.5 Å². The molecule has 6 heteroatoms. The Morgan fingerprint density at radius 3 is 3.17 bits per heavy atom. The molecule has 0 radical (unpaired) electrons. The number of anilines is 1. The van der Waals surface area contributed by atoms with Crippen molar-refractivity contribution in [2.24, 2.45) is 0 Å². The topological polar surface area (TPSA) is 79.0 Å². The lowest BCUT2D eigenvalue weighted by Gasteiger charge is -2.10. The summed E-state index contributed by atoms with van der Waals surface area (Å²) in [6.45, 7) is 4.54. The van der Waals surface area contributed by atoms with Gasteiger partial charge in [-0.05, 0) is 44.0 Å². The first kappa shape index (κ1) is 16.5. The van der Waals surface area contributed by atoms with Crippen LogP contribution in [0, 0.1) is 0 Å². The van der Waals surface area contributed by atoms with E-state index in [2.05, 4.69) is 20.8 Å². The molecule has 3 rings (SSSR count). The van der Waals surface area contributed by atoms with Gasteiger partial charge in [-0.25, -0.2) is 0 Å². The summed E-state index contributed by atoms with van der Waals surface area (Å²) in [5.41, 5.74) is 2.92. The van der Waals surface area contributed by atoms with Crippen LogP contribution in [0.4, 0.5) is 5.69 Å². The molecule has 0 spiro atoms. The molecule has 2 aromatic rings. The van der Waals surface area contributed by atoms with Crippen molar-refractivity contribution in [3.63, 3.8) is 0 Å². The fourth-order valence-electron chi connectivity index (χ4n) is 3.04. The highest BCUT2D eigenvalue weighted by Crippen LogP contribution is 2.27. The van der Waals surface area contributed by atoms with Gasteiger partial charge in [-0.2, -0.15) is 5.10 Å². The van der Waals surface area contributed by atoms with Crippen LogP contribution in [-0.2, 0) is 11.2 Å². The summed E-state index contributed by atoms with van der Waals surface area (Å²) in [7, 11) is 0. The van der Waals surface area contributed by atoms with Gasteiger partial charge in [0.15, 0.2) is 0 Å². The third-order valence-corrected chi connectivity index (χ3v) is 4.26. The summed E-state index contributed by atoms with van der Waals surface area (Å²) in [5.74, 6) is 1.25. The van der Waals surface area contributed by atoms with Gasteiger partial charge >= 0.3 is 0 Å². The summed E-state index contributed by atoms with van der Waals surface area (Å²) in [4.78, 5) is 12.3. The molecule has 1 unspecified atom stereocenters. The van der Waals surface area contributed by atoms with Crippen LogP contribution >= 0.6 is 0 Å². The Labute approximate surface area is 142 Å². The highest BCUT2D eigenvalue weighted by molar-refractivity contribution is 5.91. The van der Waals surface area contributed by atoms with E-state index < -0.39 is 0 Å². The minimum absolute atomic E-state index is 0.00502. The number of hydrogen-bond acceptors (Lipinski definition) is 4. The van der Waals surface area contributed by atoms with Crippen molar-refractivity contribution >= 4 is 11.6 Å². The fraction of sp³-hybridized carbons (Fsp3) is 0.444. The minimum Gasteiger partial charge on any atom is -0.494 e. The third-order valence-electron chi connectivity index (χ3n) is 4.26. The molecule has 1 atom stereocenters. The largest absolute Gasteiger partial charge is 0.494 e. The molecular formula is C18H24N4O2. The summed E-state index contributed by atoms with van der Waals surface area (Å²) < 4.78 is 5.49. The number of H-pyrrole nitrogens is 1. The monoisotopic (exact) mass is 328 g/mol. The van der Waals surface area contributed by atoms with Crippen molar-refractivity contribution in [2.75, 3.05) is 25.0 Å². The first-order valence-electron chi connectivity index (χ1n) is 8.52. The maximum absolute atomic E-state index is 12.3. The molecule has 128 valence electrons. The van der Waals surface area contributed by atoms with Crippen molar-refractivity contribution in [3.8, 4) is 5.75 Å². The molecule has 0 saturated carbocycles.